The van der Waals surface area contributed by atoms with Crippen molar-refractivity contribution in [2.45, 2.75) is 59.0 Å². The van der Waals surface area contributed by atoms with Crippen LogP contribution >= 0.6 is 0 Å². The quantitative estimate of drug-likeness (QED) is 0.788. The number of hydrogen-bond acceptors (Lipinski definition) is 2. The summed E-state index contributed by atoms with van der Waals surface area (Å²) in [7, 11) is 2.19. The summed E-state index contributed by atoms with van der Waals surface area (Å²) in [5.74, 6) is 0. The molecule has 0 spiro atoms. The van der Waals surface area contributed by atoms with Crippen LogP contribution in [-0.4, -0.2) is 18.1 Å². The van der Waals surface area contributed by atoms with Gasteiger partial charge in [-0.15, -0.1) is 0 Å². The molecule has 1 aromatic rings. The summed E-state index contributed by atoms with van der Waals surface area (Å²) in [5, 5.41) is 0. The van der Waals surface area contributed by atoms with Gasteiger partial charge in [-0.05, 0) is 23.6 Å². The molecule has 1 unspecified atom stereocenters. The van der Waals surface area contributed by atoms with Gasteiger partial charge >= 0.3 is 0 Å². The first-order valence-corrected chi connectivity index (χ1v) is 8.12. The van der Waals surface area contributed by atoms with Crippen molar-refractivity contribution in [3.05, 3.63) is 41.7 Å². The highest BCUT2D eigenvalue weighted by atomic mass is 15.4. The van der Waals surface area contributed by atoms with E-state index in [4.69, 9.17) is 0 Å². The maximum absolute atomic E-state index is 2.47. The largest absolute Gasteiger partial charge is 0.358 e. The number of fused-ring (bicyclic) bond motifs is 3. The first-order valence-electron chi connectivity index (χ1n) is 8.12. The Bertz CT molecular complexity index is 583. The van der Waals surface area contributed by atoms with Gasteiger partial charge in [0.05, 0.1) is 0 Å². The van der Waals surface area contributed by atoms with Crippen LogP contribution in [0.3, 0.4) is 0 Å². The van der Waals surface area contributed by atoms with Crippen LogP contribution in [0.5, 0.6) is 0 Å². The summed E-state index contributed by atoms with van der Waals surface area (Å²) >= 11 is 0. The Kier molecular flexibility index (Phi) is 3.12. The lowest BCUT2D eigenvalue weighted by Crippen LogP contribution is -2.59. The predicted octanol–water partition coefficient (Wildman–Crippen LogP) is 4.51. The summed E-state index contributed by atoms with van der Waals surface area (Å²) < 4.78 is 0. The second kappa shape index (κ2) is 4.53. The minimum absolute atomic E-state index is 0.147. The van der Waals surface area contributed by atoms with Crippen LogP contribution in [0.25, 0.3) is 0 Å². The zero-order valence-electron chi connectivity index (χ0n) is 14.3. The lowest BCUT2D eigenvalue weighted by molar-refractivity contribution is 0.0764. The molecule has 2 aliphatic rings. The number of nitrogens with zero attached hydrogens (tertiary/aromatic N) is 2. The van der Waals surface area contributed by atoms with Crippen LogP contribution < -0.4 is 4.90 Å². The molecule has 3 rings (SSSR count). The van der Waals surface area contributed by atoms with Gasteiger partial charge in [0, 0.05) is 36.0 Å². The maximum Gasteiger partial charge on any atom is 0.111 e. The molecule has 0 bridgehead atoms. The Morgan fingerprint density at radius 1 is 1.10 bits per heavy atom. The monoisotopic (exact) mass is 284 g/mol. The number of benzene rings is 1. The SMILES string of the molecule is CCCc1ccc2c(c1)N1C=CN(C)C1C(C)(C)C2(C)C. The first-order chi connectivity index (χ1) is 9.80. The molecule has 0 saturated carbocycles. The Balaban J connectivity index is 2.19. The molecule has 114 valence electrons. The van der Waals surface area contributed by atoms with Crippen LogP contribution in [0, 0.1) is 5.41 Å². The minimum atomic E-state index is 0.147. The van der Waals surface area contributed by atoms with E-state index in [9.17, 15) is 0 Å². The Morgan fingerprint density at radius 3 is 2.48 bits per heavy atom. The van der Waals surface area contributed by atoms with Crippen molar-refractivity contribution < 1.29 is 0 Å². The Morgan fingerprint density at radius 2 is 1.81 bits per heavy atom. The zero-order valence-corrected chi connectivity index (χ0v) is 14.3. The van der Waals surface area contributed by atoms with Gasteiger partial charge in [-0.3, -0.25) is 0 Å². The molecule has 0 aromatic heterocycles. The molecule has 0 N–H and O–H groups in total. The highest BCUT2D eigenvalue weighted by molar-refractivity contribution is 5.65. The summed E-state index contributed by atoms with van der Waals surface area (Å²) in [5.41, 5.74) is 4.65. The van der Waals surface area contributed by atoms with Crippen LogP contribution in [0.2, 0.25) is 0 Å². The number of aryl methyl sites for hydroxylation is 1. The van der Waals surface area contributed by atoms with Gasteiger partial charge in [0.15, 0.2) is 0 Å². The van der Waals surface area contributed by atoms with E-state index in [1.165, 1.54) is 23.2 Å². The third kappa shape index (κ3) is 1.84. The predicted molar refractivity (Wildman–Crippen MR) is 90.4 cm³/mol. The van der Waals surface area contributed by atoms with E-state index >= 15 is 0 Å². The summed E-state index contributed by atoms with van der Waals surface area (Å²) in [6.07, 6.45) is 7.22. The number of rotatable bonds is 2. The number of anilines is 1. The first kappa shape index (κ1) is 14.5. The minimum Gasteiger partial charge on any atom is -0.358 e. The summed E-state index contributed by atoms with van der Waals surface area (Å²) in [6.45, 7) is 11.8. The lowest BCUT2D eigenvalue weighted by atomic mass is 9.59. The van der Waals surface area contributed by atoms with Crippen LogP contribution in [0.15, 0.2) is 30.6 Å². The molecule has 2 aliphatic heterocycles. The third-order valence-electron chi connectivity index (χ3n) is 5.92. The average Bonchev–Trinajstić information content (AvgIpc) is 2.80. The molecule has 0 amide bonds. The highest BCUT2D eigenvalue weighted by Gasteiger charge is 2.53. The molecule has 0 aliphatic carbocycles. The van der Waals surface area contributed by atoms with Gasteiger partial charge in [-0.1, -0.05) is 53.2 Å². The van der Waals surface area contributed by atoms with Crippen molar-refractivity contribution in [1.29, 1.82) is 0 Å². The van der Waals surface area contributed by atoms with Gasteiger partial charge in [0.2, 0.25) is 0 Å². The smallest absolute Gasteiger partial charge is 0.111 e. The van der Waals surface area contributed by atoms with E-state index in [0.717, 1.165) is 6.42 Å². The topological polar surface area (TPSA) is 6.48 Å². The summed E-state index contributed by atoms with van der Waals surface area (Å²) in [6, 6.07) is 7.10. The Hall–Kier alpha value is -1.44. The van der Waals surface area contributed by atoms with E-state index in [1.807, 2.05) is 0 Å². The fourth-order valence-corrected chi connectivity index (χ4v) is 4.04. The van der Waals surface area contributed by atoms with Gasteiger partial charge in [-0.2, -0.15) is 0 Å². The highest BCUT2D eigenvalue weighted by Crippen LogP contribution is 2.55. The van der Waals surface area contributed by atoms with Crippen molar-refractivity contribution in [1.82, 2.24) is 4.90 Å². The second-order valence-corrected chi connectivity index (χ2v) is 7.69. The van der Waals surface area contributed by atoms with Crippen LogP contribution in [0.1, 0.15) is 52.2 Å². The van der Waals surface area contributed by atoms with E-state index in [0.29, 0.717) is 6.17 Å². The molecule has 21 heavy (non-hydrogen) atoms. The van der Waals surface area contributed by atoms with Crippen molar-refractivity contribution >= 4 is 5.69 Å². The molecule has 1 aromatic carbocycles. The van der Waals surface area contributed by atoms with Crippen molar-refractivity contribution in [3.8, 4) is 0 Å². The fraction of sp³-hybridized carbons (Fsp3) is 0.579. The van der Waals surface area contributed by atoms with Gasteiger partial charge in [-0.25, -0.2) is 0 Å². The zero-order chi connectivity index (χ0) is 15.4. The normalized spacial score (nSPS) is 25.0. The number of hydrogen-bond donors (Lipinski definition) is 0. The third-order valence-corrected chi connectivity index (χ3v) is 5.92. The molecule has 0 saturated heterocycles. The maximum atomic E-state index is 2.47. The molecule has 0 fully saturated rings. The van der Waals surface area contributed by atoms with E-state index < -0.39 is 0 Å². The van der Waals surface area contributed by atoms with Crippen molar-refractivity contribution in [2.24, 2.45) is 5.41 Å². The molecule has 1 atom stereocenters. The van der Waals surface area contributed by atoms with Crippen molar-refractivity contribution in [3.63, 3.8) is 0 Å². The molecular formula is C19H28N2. The van der Waals surface area contributed by atoms with E-state index in [1.54, 1.807) is 0 Å². The molecule has 2 heteroatoms. The lowest BCUT2D eigenvalue weighted by Gasteiger charge is -2.56. The summed E-state index contributed by atoms with van der Waals surface area (Å²) in [4.78, 5) is 4.83. The Labute approximate surface area is 129 Å². The second-order valence-electron chi connectivity index (χ2n) is 7.69. The van der Waals surface area contributed by atoms with Gasteiger partial charge in [0.25, 0.3) is 0 Å². The molecular weight excluding hydrogens is 256 g/mol. The van der Waals surface area contributed by atoms with Gasteiger partial charge < -0.3 is 9.80 Å². The van der Waals surface area contributed by atoms with Crippen LogP contribution in [0.4, 0.5) is 5.69 Å². The van der Waals surface area contributed by atoms with E-state index in [2.05, 4.69) is 82.1 Å². The van der Waals surface area contributed by atoms with Gasteiger partial charge in [0.1, 0.15) is 6.17 Å². The van der Waals surface area contributed by atoms with E-state index in [-0.39, 0.29) is 10.8 Å². The molecule has 0 radical (unpaired) electrons. The molecule has 2 heterocycles. The average molecular weight is 284 g/mol. The standard InChI is InChI=1S/C19H28N2/c1-7-8-14-9-10-15-16(13-14)21-12-11-20(6)17(21)19(4,5)18(15,2)3/h9-13,17H,7-8H2,1-6H3. The van der Waals surface area contributed by atoms with Crippen molar-refractivity contribution in [2.75, 3.05) is 11.9 Å². The molecule has 2 nitrogen and oxygen atoms in total. The van der Waals surface area contributed by atoms with Crippen LogP contribution in [-0.2, 0) is 11.8 Å². The fourth-order valence-electron chi connectivity index (χ4n) is 4.04.